The monoisotopic (exact) mass is 396 g/mol. The molecule has 1 aromatic rings. The highest BCUT2D eigenvalue weighted by Gasteiger charge is 2.64. The van der Waals surface area contributed by atoms with Gasteiger partial charge in [-0.25, -0.2) is 0 Å². The van der Waals surface area contributed by atoms with E-state index in [1.165, 1.54) is 0 Å². The highest BCUT2D eigenvalue weighted by molar-refractivity contribution is 7.87. The number of benzene rings is 1. The summed E-state index contributed by atoms with van der Waals surface area (Å²) in [4.78, 5) is 11.4. The van der Waals surface area contributed by atoms with Crippen molar-refractivity contribution in [2.24, 2.45) is 0 Å². The number of rotatable bonds is 8. The van der Waals surface area contributed by atoms with Crippen molar-refractivity contribution in [1.82, 2.24) is 0 Å². The van der Waals surface area contributed by atoms with Crippen LogP contribution in [0, 0.1) is 0 Å². The fraction of sp³-hybridized carbons (Fsp3) is 0.611. The summed E-state index contributed by atoms with van der Waals surface area (Å²) in [6.07, 6.45) is 1.44. The molecule has 0 N–H and O–H groups in total. The van der Waals surface area contributed by atoms with Gasteiger partial charge in [-0.15, -0.1) is 0 Å². The first-order valence-corrected chi connectivity index (χ1v) is 24.3. The number of carbonyl (C=O) groups is 1. The first-order valence-electron chi connectivity index (χ1n) is 8.94. The van der Waals surface area contributed by atoms with Crippen LogP contribution in [-0.2, 0) is 9.22 Å². The molecule has 0 aliphatic heterocycles. The molecule has 136 valence electrons. The summed E-state index contributed by atoms with van der Waals surface area (Å²) in [5.74, 6) is 0. The lowest BCUT2D eigenvalue weighted by Crippen LogP contribution is -2.84. The fourth-order valence-corrected chi connectivity index (χ4v) is 99.1. The minimum absolute atomic E-state index is 0.0689. The molecule has 0 spiro atoms. The lowest BCUT2D eigenvalue weighted by atomic mass is 10.1. The average molecular weight is 397 g/mol. The Kier molecular flexibility index (Phi) is 6.83. The van der Waals surface area contributed by atoms with Crippen LogP contribution < -0.4 is 0 Å². The van der Waals surface area contributed by atoms with Crippen LogP contribution in [0.4, 0.5) is 0 Å². The summed E-state index contributed by atoms with van der Waals surface area (Å²) in [5, 5.41) is 0. The van der Waals surface area contributed by atoms with E-state index in [-0.39, 0.29) is 6.10 Å². The van der Waals surface area contributed by atoms with Crippen LogP contribution in [0.2, 0.25) is 58.9 Å². The van der Waals surface area contributed by atoms with E-state index in [1.54, 1.807) is 0 Å². The molecule has 2 nitrogen and oxygen atoms in total. The van der Waals surface area contributed by atoms with Gasteiger partial charge in [0, 0.05) is 6.42 Å². The predicted octanol–water partition coefficient (Wildman–Crippen LogP) is 5.53. The normalized spacial score (nSPS) is 15.2. The van der Waals surface area contributed by atoms with Gasteiger partial charge in [-0.1, -0.05) is 89.3 Å². The van der Waals surface area contributed by atoms with E-state index in [2.05, 4.69) is 83.2 Å². The van der Waals surface area contributed by atoms with Gasteiger partial charge in [0.2, 0.25) is 0 Å². The molecule has 0 saturated carbocycles. The summed E-state index contributed by atoms with van der Waals surface area (Å²) < 4.78 is 7.25. The summed E-state index contributed by atoms with van der Waals surface area (Å²) in [6.45, 7) is 20.7. The molecule has 0 aliphatic rings. The summed E-state index contributed by atoms with van der Waals surface area (Å²) in [5.41, 5.74) is 1.16. The van der Waals surface area contributed by atoms with E-state index in [0.717, 1.165) is 11.8 Å². The van der Waals surface area contributed by atoms with Crippen LogP contribution in [0.3, 0.4) is 0 Å². The standard InChI is InChI=1S/C18H36O2Si4/c1-21(2,3)24(22(4,5)6,23(7,8)9)20-18(15-16-19)17-13-11-10-12-14-17/h10-14,16,18H,15H2,1-9H3. The van der Waals surface area contributed by atoms with Crippen LogP contribution in [0.1, 0.15) is 18.1 Å². The third-order valence-electron chi connectivity index (χ3n) is 4.97. The maximum atomic E-state index is 11.4. The van der Waals surface area contributed by atoms with E-state index in [4.69, 9.17) is 4.43 Å². The van der Waals surface area contributed by atoms with Gasteiger partial charge in [0.25, 0.3) is 0 Å². The van der Waals surface area contributed by atoms with Crippen LogP contribution in [-0.4, -0.2) is 35.9 Å². The number of aldehydes is 1. The summed E-state index contributed by atoms with van der Waals surface area (Å²) >= 11 is 0. The Labute approximate surface area is 152 Å². The Hall–Kier alpha value is -0.282. The first kappa shape index (κ1) is 21.8. The van der Waals surface area contributed by atoms with Crippen molar-refractivity contribution in [2.45, 2.75) is 71.4 Å². The molecule has 0 radical (unpaired) electrons. The highest BCUT2D eigenvalue weighted by Crippen LogP contribution is 2.41. The first-order chi connectivity index (χ1) is 10.8. The Morgan fingerprint density at radius 2 is 1.25 bits per heavy atom. The van der Waals surface area contributed by atoms with Gasteiger partial charge >= 0.3 is 0 Å². The Balaban J connectivity index is 3.52. The second-order valence-electron chi connectivity index (χ2n) is 9.85. The van der Waals surface area contributed by atoms with Gasteiger partial charge in [-0.3, -0.25) is 0 Å². The van der Waals surface area contributed by atoms with E-state index in [9.17, 15) is 4.79 Å². The maximum absolute atomic E-state index is 11.4. The molecule has 1 aromatic carbocycles. The van der Waals surface area contributed by atoms with Crippen molar-refractivity contribution in [3.63, 3.8) is 0 Å². The number of hydrogen-bond acceptors (Lipinski definition) is 2. The molecule has 1 atom stereocenters. The van der Waals surface area contributed by atoms with Crippen molar-refractivity contribution in [2.75, 3.05) is 0 Å². The lowest BCUT2D eigenvalue weighted by molar-refractivity contribution is -0.109. The molecule has 0 aliphatic carbocycles. The summed E-state index contributed by atoms with van der Waals surface area (Å²) in [6, 6.07) is 10.4. The van der Waals surface area contributed by atoms with Gasteiger partial charge in [0.05, 0.1) is 28.9 Å². The van der Waals surface area contributed by atoms with Gasteiger partial charge in [-0.2, -0.15) is 0 Å². The van der Waals surface area contributed by atoms with Crippen molar-refractivity contribution < 1.29 is 9.22 Å². The van der Waals surface area contributed by atoms with Crippen LogP contribution >= 0.6 is 0 Å². The molecule has 0 bridgehead atoms. The zero-order valence-corrected chi connectivity index (χ0v) is 21.1. The van der Waals surface area contributed by atoms with Crippen LogP contribution in [0.25, 0.3) is 0 Å². The molecule has 0 heterocycles. The summed E-state index contributed by atoms with van der Waals surface area (Å²) in [7, 11) is -4.52. The smallest absolute Gasteiger partial charge is 0.158 e. The molecule has 6 heteroatoms. The quantitative estimate of drug-likeness (QED) is 0.426. The number of hydrogen-bond donors (Lipinski definition) is 0. The Bertz CT molecular complexity index is 503. The molecular weight excluding hydrogens is 361 g/mol. The molecule has 0 amide bonds. The van der Waals surface area contributed by atoms with Gasteiger partial charge in [-0.05, 0) is 5.56 Å². The molecule has 0 saturated heterocycles. The third-order valence-corrected chi connectivity index (χ3v) is 72.5. The predicted molar refractivity (Wildman–Crippen MR) is 117 cm³/mol. The maximum Gasteiger partial charge on any atom is 0.158 e. The zero-order valence-electron chi connectivity index (χ0n) is 17.1. The molecule has 1 unspecified atom stereocenters. The third kappa shape index (κ3) is 4.27. The Morgan fingerprint density at radius 3 is 1.58 bits per heavy atom. The van der Waals surface area contributed by atoms with Gasteiger partial charge in [0.15, 0.2) is 6.87 Å². The lowest BCUT2D eigenvalue weighted by Gasteiger charge is -2.57. The second-order valence-corrected chi connectivity index (χ2v) is 49.3. The van der Waals surface area contributed by atoms with E-state index in [0.29, 0.717) is 6.42 Å². The number of carbonyl (C=O) groups excluding carboxylic acids is 1. The van der Waals surface area contributed by atoms with E-state index < -0.39 is 29.6 Å². The fourth-order valence-electron chi connectivity index (χ4n) is 5.13. The van der Waals surface area contributed by atoms with Crippen LogP contribution in [0.15, 0.2) is 30.3 Å². The van der Waals surface area contributed by atoms with Crippen molar-refractivity contribution in [3.05, 3.63) is 35.9 Å². The van der Waals surface area contributed by atoms with Crippen molar-refractivity contribution in [3.8, 4) is 0 Å². The highest BCUT2D eigenvalue weighted by atomic mass is 29.9. The van der Waals surface area contributed by atoms with Gasteiger partial charge < -0.3 is 9.22 Å². The van der Waals surface area contributed by atoms with E-state index >= 15 is 0 Å². The average Bonchev–Trinajstić information content (AvgIpc) is 2.40. The minimum Gasteiger partial charge on any atom is -0.419 e. The molecule has 0 aromatic heterocycles. The second kappa shape index (κ2) is 7.53. The van der Waals surface area contributed by atoms with Crippen molar-refractivity contribution >= 4 is 35.9 Å². The molecule has 1 rings (SSSR count). The molecule has 24 heavy (non-hydrogen) atoms. The Morgan fingerprint density at radius 1 is 0.833 bits per heavy atom. The minimum atomic E-state index is -1.93. The topological polar surface area (TPSA) is 26.3 Å². The van der Waals surface area contributed by atoms with E-state index in [1.807, 2.05) is 6.07 Å². The molecular formula is C18H36O2Si4. The van der Waals surface area contributed by atoms with Gasteiger partial charge in [0.1, 0.15) is 6.29 Å². The molecule has 0 fully saturated rings. The zero-order chi connectivity index (χ0) is 18.8. The SMILES string of the molecule is C[Si](C)(C)[Si](OC(CC=O)c1ccccc1)([Si](C)(C)C)[Si](C)(C)C. The largest absolute Gasteiger partial charge is 0.419 e. The van der Waals surface area contributed by atoms with Crippen LogP contribution in [0.5, 0.6) is 0 Å². The van der Waals surface area contributed by atoms with Crippen molar-refractivity contribution in [1.29, 1.82) is 0 Å².